The third-order valence-corrected chi connectivity index (χ3v) is 2.38. The molecule has 5 nitrogen and oxygen atoms in total. The summed E-state index contributed by atoms with van der Waals surface area (Å²) in [5.41, 5.74) is 4.99. The Bertz CT molecular complexity index is 498. The van der Waals surface area contributed by atoms with E-state index in [0.717, 1.165) is 6.20 Å². The van der Waals surface area contributed by atoms with Crippen LogP contribution in [0.15, 0.2) is 6.20 Å². The predicted molar refractivity (Wildman–Crippen MR) is 57.5 cm³/mol. The summed E-state index contributed by atoms with van der Waals surface area (Å²) in [4.78, 5) is 14.7. The molecule has 0 radical (unpaired) electrons. The fraction of sp³-hybridized carbons (Fsp3) is 0.364. The molecule has 1 rings (SSSR count). The lowest BCUT2D eigenvalue weighted by molar-refractivity contribution is -0.139. The number of hydrogen-bond acceptors (Lipinski definition) is 5. The molecule has 0 bridgehead atoms. The molecule has 7 heteroatoms. The second-order valence-electron chi connectivity index (χ2n) is 3.39. The number of pyridine rings is 1. The number of carbonyl (C=O) groups excluding carboxylic acids is 1. The van der Waals surface area contributed by atoms with Gasteiger partial charge in [0.05, 0.1) is 25.2 Å². The van der Waals surface area contributed by atoms with Gasteiger partial charge in [-0.3, -0.25) is 9.78 Å². The Kier molecular flexibility index (Phi) is 4.68. The molecule has 0 saturated carbocycles. The standard InChI is InChI=1S/C11H11F2N3O2/c1-18-9(17)2-6-5-16-10(11(12)13)8(4-15)7(6)3-14/h5,11H,2,4,15H2,1H3. The zero-order valence-electron chi connectivity index (χ0n) is 9.61. The van der Waals surface area contributed by atoms with Gasteiger partial charge in [0.1, 0.15) is 5.69 Å². The normalized spacial score (nSPS) is 10.2. The summed E-state index contributed by atoms with van der Waals surface area (Å²) < 4.78 is 29.8. The van der Waals surface area contributed by atoms with Crippen LogP contribution >= 0.6 is 0 Å². The largest absolute Gasteiger partial charge is 0.469 e. The maximum absolute atomic E-state index is 12.7. The van der Waals surface area contributed by atoms with Gasteiger partial charge in [0.25, 0.3) is 6.43 Å². The van der Waals surface area contributed by atoms with Gasteiger partial charge in [-0.05, 0) is 5.56 Å². The second kappa shape index (κ2) is 6.02. The van der Waals surface area contributed by atoms with E-state index in [1.807, 2.05) is 0 Å². The number of nitriles is 1. The Balaban J connectivity index is 3.31. The molecule has 1 heterocycles. The summed E-state index contributed by atoms with van der Waals surface area (Å²) in [7, 11) is 1.19. The lowest BCUT2D eigenvalue weighted by Gasteiger charge is -2.11. The number of halogens is 2. The highest BCUT2D eigenvalue weighted by molar-refractivity contribution is 5.73. The van der Waals surface area contributed by atoms with E-state index in [0.29, 0.717) is 0 Å². The van der Waals surface area contributed by atoms with Gasteiger partial charge < -0.3 is 10.5 Å². The van der Waals surface area contributed by atoms with Gasteiger partial charge in [-0.25, -0.2) is 8.78 Å². The van der Waals surface area contributed by atoms with E-state index in [9.17, 15) is 13.6 Å². The number of hydrogen-bond donors (Lipinski definition) is 1. The minimum atomic E-state index is -2.82. The minimum Gasteiger partial charge on any atom is -0.469 e. The molecular formula is C11H11F2N3O2. The number of carbonyl (C=O) groups is 1. The number of rotatable bonds is 4. The van der Waals surface area contributed by atoms with Crippen molar-refractivity contribution in [3.05, 3.63) is 28.6 Å². The van der Waals surface area contributed by atoms with Crippen molar-refractivity contribution in [2.45, 2.75) is 19.4 Å². The van der Waals surface area contributed by atoms with Crippen LogP contribution in [0.2, 0.25) is 0 Å². The molecule has 18 heavy (non-hydrogen) atoms. The molecule has 1 aromatic heterocycles. The van der Waals surface area contributed by atoms with Crippen molar-refractivity contribution in [2.24, 2.45) is 5.73 Å². The molecule has 0 aliphatic carbocycles. The summed E-state index contributed by atoms with van der Waals surface area (Å²) >= 11 is 0. The van der Waals surface area contributed by atoms with Crippen molar-refractivity contribution in [2.75, 3.05) is 7.11 Å². The fourth-order valence-electron chi connectivity index (χ4n) is 1.51. The van der Waals surface area contributed by atoms with Gasteiger partial charge in [0.2, 0.25) is 0 Å². The average molecular weight is 255 g/mol. The number of ether oxygens (including phenoxy) is 1. The number of nitrogens with zero attached hydrogens (tertiary/aromatic N) is 2. The summed E-state index contributed by atoms with van der Waals surface area (Å²) in [5, 5.41) is 8.99. The van der Waals surface area contributed by atoms with Gasteiger partial charge in [-0.15, -0.1) is 0 Å². The lowest BCUT2D eigenvalue weighted by Crippen LogP contribution is -2.13. The van der Waals surface area contributed by atoms with Crippen LogP contribution in [0.1, 0.15) is 28.8 Å². The Hall–Kier alpha value is -2.07. The van der Waals surface area contributed by atoms with Crippen LogP contribution < -0.4 is 5.73 Å². The van der Waals surface area contributed by atoms with Crippen LogP contribution in [0.4, 0.5) is 8.78 Å². The summed E-state index contributed by atoms with van der Waals surface area (Å²) in [5.74, 6) is -0.582. The van der Waals surface area contributed by atoms with Crippen molar-refractivity contribution >= 4 is 5.97 Å². The summed E-state index contributed by atoms with van der Waals surface area (Å²) in [6.45, 7) is -0.245. The van der Waals surface area contributed by atoms with Gasteiger partial charge in [-0.2, -0.15) is 5.26 Å². The number of aromatic nitrogens is 1. The molecule has 0 amide bonds. The fourth-order valence-corrected chi connectivity index (χ4v) is 1.51. The van der Waals surface area contributed by atoms with Crippen molar-refractivity contribution in [3.63, 3.8) is 0 Å². The molecule has 0 aliphatic rings. The quantitative estimate of drug-likeness (QED) is 0.813. The number of methoxy groups -OCH3 is 1. The maximum Gasteiger partial charge on any atom is 0.310 e. The number of alkyl halides is 2. The minimum absolute atomic E-state index is 0.0334. The second-order valence-corrected chi connectivity index (χ2v) is 3.39. The van der Waals surface area contributed by atoms with E-state index in [-0.39, 0.29) is 29.7 Å². The lowest BCUT2D eigenvalue weighted by atomic mass is 10.00. The van der Waals surface area contributed by atoms with Crippen molar-refractivity contribution in [1.29, 1.82) is 5.26 Å². The first-order chi connectivity index (χ1) is 8.54. The topological polar surface area (TPSA) is 89.0 Å². The molecule has 0 fully saturated rings. The molecule has 0 aliphatic heterocycles. The molecule has 2 N–H and O–H groups in total. The molecule has 96 valence electrons. The Morgan fingerprint density at radius 3 is 2.78 bits per heavy atom. The maximum atomic E-state index is 12.7. The van der Waals surface area contributed by atoms with E-state index in [1.54, 1.807) is 6.07 Å². The van der Waals surface area contributed by atoms with Crippen LogP contribution in [0.3, 0.4) is 0 Å². The highest BCUT2D eigenvalue weighted by Crippen LogP contribution is 2.25. The first kappa shape index (κ1) is 14.0. The SMILES string of the molecule is COC(=O)Cc1cnc(C(F)F)c(CN)c1C#N. The number of nitrogens with two attached hydrogens (primary N) is 1. The van der Waals surface area contributed by atoms with E-state index >= 15 is 0 Å². The van der Waals surface area contributed by atoms with Crippen LogP contribution in [-0.4, -0.2) is 18.1 Å². The Morgan fingerprint density at radius 1 is 1.67 bits per heavy atom. The molecular weight excluding hydrogens is 244 g/mol. The Morgan fingerprint density at radius 2 is 2.33 bits per heavy atom. The van der Waals surface area contributed by atoms with Crippen molar-refractivity contribution in [1.82, 2.24) is 4.98 Å². The van der Waals surface area contributed by atoms with E-state index in [4.69, 9.17) is 11.0 Å². The molecule has 0 saturated heterocycles. The molecule has 0 spiro atoms. The van der Waals surface area contributed by atoms with Gasteiger partial charge in [-0.1, -0.05) is 0 Å². The third kappa shape index (κ3) is 2.78. The molecule has 0 unspecified atom stereocenters. The van der Waals surface area contributed by atoms with Gasteiger partial charge in [0.15, 0.2) is 0 Å². The van der Waals surface area contributed by atoms with Gasteiger partial charge in [0, 0.05) is 18.3 Å². The van der Waals surface area contributed by atoms with Crippen LogP contribution in [-0.2, 0) is 22.5 Å². The van der Waals surface area contributed by atoms with Crippen molar-refractivity contribution < 1.29 is 18.3 Å². The smallest absolute Gasteiger partial charge is 0.310 e. The van der Waals surface area contributed by atoms with Crippen LogP contribution in [0.5, 0.6) is 0 Å². The van der Waals surface area contributed by atoms with E-state index in [2.05, 4.69) is 9.72 Å². The van der Waals surface area contributed by atoms with E-state index in [1.165, 1.54) is 7.11 Å². The van der Waals surface area contributed by atoms with Crippen molar-refractivity contribution in [3.8, 4) is 6.07 Å². The molecule has 0 aromatic carbocycles. The zero-order chi connectivity index (χ0) is 13.7. The average Bonchev–Trinajstić information content (AvgIpc) is 2.37. The third-order valence-electron chi connectivity index (χ3n) is 2.38. The first-order valence-electron chi connectivity index (χ1n) is 5.00. The van der Waals surface area contributed by atoms with E-state index < -0.39 is 18.1 Å². The first-order valence-corrected chi connectivity index (χ1v) is 5.00. The number of esters is 1. The predicted octanol–water partition coefficient (Wildman–Crippen LogP) is 1.07. The van der Waals surface area contributed by atoms with Crippen LogP contribution in [0.25, 0.3) is 0 Å². The highest BCUT2D eigenvalue weighted by Gasteiger charge is 2.21. The zero-order valence-corrected chi connectivity index (χ0v) is 9.61. The summed E-state index contributed by atoms with van der Waals surface area (Å²) in [6, 6.07) is 1.78. The molecule has 1 aromatic rings. The van der Waals surface area contributed by atoms with Crippen LogP contribution in [0, 0.1) is 11.3 Å². The monoisotopic (exact) mass is 255 g/mol. The highest BCUT2D eigenvalue weighted by atomic mass is 19.3. The summed E-state index contributed by atoms with van der Waals surface area (Å²) in [6.07, 6.45) is -1.94. The van der Waals surface area contributed by atoms with Gasteiger partial charge >= 0.3 is 5.97 Å². The molecule has 0 atom stereocenters. The Labute approximate surface area is 102 Å².